The molecule has 0 bridgehead atoms. The summed E-state index contributed by atoms with van der Waals surface area (Å²) in [7, 11) is 3.18. The minimum atomic E-state index is -0.479. The Morgan fingerprint density at radius 3 is 2.27 bits per heavy atom. The molecule has 22 heavy (non-hydrogen) atoms. The van der Waals surface area contributed by atoms with E-state index in [-0.39, 0.29) is 24.4 Å². The van der Waals surface area contributed by atoms with Gasteiger partial charge in [0.15, 0.2) is 11.5 Å². The highest BCUT2D eigenvalue weighted by atomic mass is 35.5. The minimum absolute atomic E-state index is 0. The van der Waals surface area contributed by atoms with E-state index in [2.05, 4.69) is 5.32 Å². The number of hydrogen-bond donors (Lipinski definition) is 2. The second-order valence-corrected chi connectivity index (χ2v) is 5.58. The van der Waals surface area contributed by atoms with Crippen molar-refractivity contribution in [2.24, 2.45) is 11.7 Å². The third-order valence-corrected chi connectivity index (χ3v) is 3.33. The summed E-state index contributed by atoms with van der Waals surface area (Å²) in [6, 6.07) is 4.96. The molecule has 3 N–H and O–H groups in total. The van der Waals surface area contributed by atoms with Crippen LogP contribution in [0.1, 0.15) is 38.8 Å². The third kappa shape index (κ3) is 5.73. The molecule has 0 radical (unpaired) electrons. The number of nitrogens with two attached hydrogens (primary N) is 1. The van der Waals surface area contributed by atoms with Crippen molar-refractivity contribution in [1.82, 2.24) is 5.32 Å². The van der Waals surface area contributed by atoms with Crippen LogP contribution in [0.2, 0.25) is 0 Å². The van der Waals surface area contributed by atoms with Crippen LogP contribution in [-0.2, 0) is 4.79 Å². The van der Waals surface area contributed by atoms with Crippen LogP contribution < -0.4 is 20.5 Å². The van der Waals surface area contributed by atoms with Gasteiger partial charge in [-0.15, -0.1) is 12.4 Å². The molecule has 0 fully saturated rings. The number of rotatable bonds is 7. The van der Waals surface area contributed by atoms with Gasteiger partial charge in [0.25, 0.3) is 0 Å². The molecule has 0 aliphatic rings. The van der Waals surface area contributed by atoms with Crippen molar-refractivity contribution in [3.05, 3.63) is 23.8 Å². The van der Waals surface area contributed by atoms with Gasteiger partial charge in [0.2, 0.25) is 5.91 Å². The molecule has 1 unspecified atom stereocenters. The van der Waals surface area contributed by atoms with Gasteiger partial charge in [0, 0.05) is 0 Å². The molecule has 1 aromatic rings. The average molecular weight is 331 g/mol. The fourth-order valence-corrected chi connectivity index (χ4v) is 2.14. The number of carbonyl (C=O) groups is 1. The molecular weight excluding hydrogens is 304 g/mol. The Balaban J connectivity index is 0.00000441. The van der Waals surface area contributed by atoms with Crippen LogP contribution in [0.5, 0.6) is 11.5 Å². The smallest absolute Gasteiger partial charge is 0.237 e. The van der Waals surface area contributed by atoms with Gasteiger partial charge in [-0.25, -0.2) is 0 Å². The van der Waals surface area contributed by atoms with Gasteiger partial charge in [-0.3, -0.25) is 4.79 Å². The van der Waals surface area contributed by atoms with Crippen LogP contribution in [0, 0.1) is 5.92 Å². The Hall–Kier alpha value is -1.46. The van der Waals surface area contributed by atoms with E-state index in [1.165, 1.54) is 0 Å². The summed E-state index contributed by atoms with van der Waals surface area (Å²) >= 11 is 0. The van der Waals surface area contributed by atoms with Crippen molar-refractivity contribution in [1.29, 1.82) is 0 Å². The highest BCUT2D eigenvalue weighted by Crippen LogP contribution is 2.29. The van der Waals surface area contributed by atoms with Crippen LogP contribution in [0.25, 0.3) is 0 Å². The van der Waals surface area contributed by atoms with E-state index in [0.717, 1.165) is 5.56 Å². The molecule has 1 amide bonds. The Labute approximate surface area is 139 Å². The fourth-order valence-electron chi connectivity index (χ4n) is 2.14. The number of ether oxygens (including phenoxy) is 2. The Morgan fingerprint density at radius 2 is 1.77 bits per heavy atom. The summed E-state index contributed by atoms with van der Waals surface area (Å²) in [4.78, 5) is 12.0. The predicted octanol–water partition coefficient (Wildman–Crippen LogP) is 2.68. The van der Waals surface area contributed by atoms with Crippen molar-refractivity contribution in [2.75, 3.05) is 14.2 Å². The topological polar surface area (TPSA) is 73.6 Å². The van der Waals surface area contributed by atoms with Crippen LogP contribution in [0.3, 0.4) is 0 Å². The fraction of sp³-hybridized carbons (Fsp3) is 0.562. The van der Waals surface area contributed by atoms with Gasteiger partial charge >= 0.3 is 0 Å². The molecule has 6 heteroatoms. The number of nitrogens with one attached hydrogen (secondary N) is 1. The van der Waals surface area contributed by atoms with Crippen LogP contribution in [0.15, 0.2) is 18.2 Å². The van der Waals surface area contributed by atoms with Crippen molar-refractivity contribution >= 4 is 18.3 Å². The van der Waals surface area contributed by atoms with E-state index in [1.54, 1.807) is 14.2 Å². The first kappa shape index (κ1) is 20.5. The average Bonchev–Trinajstić information content (AvgIpc) is 2.45. The molecule has 0 saturated heterocycles. The number of hydrogen-bond acceptors (Lipinski definition) is 4. The highest BCUT2D eigenvalue weighted by Gasteiger charge is 2.18. The van der Waals surface area contributed by atoms with Crippen LogP contribution in [0.4, 0.5) is 0 Å². The van der Waals surface area contributed by atoms with E-state index in [9.17, 15) is 4.79 Å². The maximum atomic E-state index is 12.0. The van der Waals surface area contributed by atoms with Gasteiger partial charge in [-0.1, -0.05) is 19.9 Å². The molecule has 1 rings (SSSR count). The maximum absolute atomic E-state index is 12.0. The molecule has 0 aliphatic heterocycles. The van der Waals surface area contributed by atoms with E-state index >= 15 is 0 Å². The first-order valence-electron chi connectivity index (χ1n) is 7.16. The van der Waals surface area contributed by atoms with Crippen LogP contribution in [-0.4, -0.2) is 26.2 Å². The molecule has 126 valence electrons. The summed E-state index contributed by atoms with van der Waals surface area (Å²) in [5.41, 5.74) is 6.83. The quantitative estimate of drug-likeness (QED) is 0.806. The van der Waals surface area contributed by atoms with Gasteiger partial charge < -0.3 is 20.5 Å². The van der Waals surface area contributed by atoms with Gasteiger partial charge in [0.1, 0.15) is 0 Å². The van der Waals surface area contributed by atoms with Crippen molar-refractivity contribution in [3.8, 4) is 11.5 Å². The first-order chi connectivity index (χ1) is 9.88. The number of amides is 1. The molecule has 0 aliphatic carbocycles. The number of halogens is 1. The molecule has 0 saturated carbocycles. The lowest BCUT2D eigenvalue weighted by atomic mass is 10.0. The zero-order chi connectivity index (χ0) is 16.0. The second kappa shape index (κ2) is 9.54. The van der Waals surface area contributed by atoms with Crippen molar-refractivity contribution in [2.45, 2.75) is 39.3 Å². The third-order valence-electron chi connectivity index (χ3n) is 3.33. The second-order valence-electron chi connectivity index (χ2n) is 5.58. The van der Waals surface area contributed by atoms with E-state index in [1.807, 2.05) is 39.0 Å². The SMILES string of the molecule is COc1ccc(C(C)NC(=O)[C@@H](N)CC(C)C)cc1OC.Cl. The zero-order valence-electron chi connectivity index (χ0n) is 13.9. The van der Waals surface area contributed by atoms with E-state index in [0.29, 0.717) is 23.8 Å². The molecule has 0 aromatic heterocycles. The largest absolute Gasteiger partial charge is 0.493 e. The first-order valence-corrected chi connectivity index (χ1v) is 7.16. The lowest BCUT2D eigenvalue weighted by molar-refractivity contribution is -0.123. The van der Waals surface area contributed by atoms with Gasteiger partial charge in [-0.05, 0) is 37.0 Å². The minimum Gasteiger partial charge on any atom is -0.493 e. The number of benzene rings is 1. The number of methoxy groups -OCH3 is 2. The van der Waals surface area contributed by atoms with E-state index in [4.69, 9.17) is 15.2 Å². The summed E-state index contributed by atoms with van der Waals surface area (Å²) in [5, 5.41) is 2.93. The Morgan fingerprint density at radius 1 is 1.18 bits per heavy atom. The molecule has 2 atom stereocenters. The molecule has 0 heterocycles. The summed E-state index contributed by atoms with van der Waals surface area (Å²) < 4.78 is 10.5. The standard InChI is InChI=1S/C16H26N2O3.ClH/c1-10(2)8-13(17)16(19)18-11(3)12-6-7-14(20-4)15(9-12)21-5;/h6-7,9-11,13H,8,17H2,1-5H3,(H,18,19);1H/t11?,13-;/m0./s1. The lowest BCUT2D eigenvalue weighted by Crippen LogP contribution is -2.42. The molecule has 5 nitrogen and oxygen atoms in total. The Kier molecular flexibility index (Phi) is 8.90. The summed E-state index contributed by atoms with van der Waals surface area (Å²) in [5.74, 6) is 1.56. The Bertz CT molecular complexity index is 480. The highest BCUT2D eigenvalue weighted by molar-refractivity contribution is 5.85. The van der Waals surface area contributed by atoms with Gasteiger partial charge in [0.05, 0.1) is 26.3 Å². The predicted molar refractivity (Wildman–Crippen MR) is 90.8 cm³/mol. The lowest BCUT2D eigenvalue weighted by Gasteiger charge is -2.20. The summed E-state index contributed by atoms with van der Waals surface area (Å²) in [6.07, 6.45) is 0.671. The normalized spacial score (nSPS) is 13.0. The molecule has 0 spiro atoms. The summed E-state index contributed by atoms with van der Waals surface area (Å²) in [6.45, 7) is 6.01. The maximum Gasteiger partial charge on any atom is 0.237 e. The zero-order valence-corrected chi connectivity index (χ0v) is 14.7. The van der Waals surface area contributed by atoms with Gasteiger partial charge in [-0.2, -0.15) is 0 Å². The van der Waals surface area contributed by atoms with Crippen LogP contribution >= 0.6 is 12.4 Å². The molecular formula is C16H27ClN2O3. The molecule has 1 aromatic carbocycles. The number of carbonyl (C=O) groups excluding carboxylic acids is 1. The van der Waals surface area contributed by atoms with Crippen molar-refractivity contribution in [3.63, 3.8) is 0 Å². The van der Waals surface area contributed by atoms with E-state index < -0.39 is 6.04 Å². The van der Waals surface area contributed by atoms with Crippen molar-refractivity contribution < 1.29 is 14.3 Å². The monoisotopic (exact) mass is 330 g/mol.